The maximum atomic E-state index is 4.33. The molecule has 5 nitrogen and oxygen atoms in total. The molecule has 7 heteroatoms. The second-order valence-corrected chi connectivity index (χ2v) is 6.88. The number of hydrogen-bond acceptors (Lipinski definition) is 4. The summed E-state index contributed by atoms with van der Waals surface area (Å²) in [5, 5.41) is 8.98. The van der Waals surface area contributed by atoms with Gasteiger partial charge < -0.3 is 10.6 Å². The largest absolute Gasteiger partial charge is 0.354 e. The van der Waals surface area contributed by atoms with Crippen molar-refractivity contribution >= 4 is 41.3 Å². The Balaban J connectivity index is 0.00000225. The maximum absolute atomic E-state index is 4.33. The third-order valence-electron chi connectivity index (χ3n) is 4.30. The fourth-order valence-electron chi connectivity index (χ4n) is 3.03. The van der Waals surface area contributed by atoms with E-state index in [2.05, 4.69) is 43.0 Å². The Morgan fingerprint density at radius 3 is 2.72 bits per heavy atom. The predicted molar refractivity (Wildman–Crippen MR) is 116 cm³/mol. The Morgan fingerprint density at radius 2 is 2.08 bits per heavy atom. The van der Waals surface area contributed by atoms with Gasteiger partial charge in [0.2, 0.25) is 0 Å². The molecule has 136 valence electrons. The van der Waals surface area contributed by atoms with E-state index in [4.69, 9.17) is 0 Å². The zero-order valence-electron chi connectivity index (χ0n) is 14.5. The van der Waals surface area contributed by atoms with Gasteiger partial charge in [0.25, 0.3) is 0 Å². The lowest BCUT2D eigenvalue weighted by Crippen LogP contribution is -2.42. The molecule has 1 atom stereocenters. The molecule has 1 unspecified atom stereocenters. The van der Waals surface area contributed by atoms with Crippen LogP contribution in [-0.2, 0) is 6.54 Å². The first kappa shape index (κ1) is 20.1. The summed E-state index contributed by atoms with van der Waals surface area (Å²) < 4.78 is 0. The smallest absolute Gasteiger partial charge is 0.191 e. The zero-order valence-corrected chi connectivity index (χ0v) is 17.7. The summed E-state index contributed by atoms with van der Waals surface area (Å²) in [6.45, 7) is 3.91. The molecule has 3 rings (SSSR count). The Kier molecular flexibility index (Phi) is 8.63. The second-order valence-electron chi connectivity index (χ2n) is 5.90. The minimum Gasteiger partial charge on any atom is -0.354 e. The van der Waals surface area contributed by atoms with E-state index in [1.54, 1.807) is 0 Å². The lowest BCUT2D eigenvalue weighted by molar-refractivity contribution is 0.249. The topological polar surface area (TPSA) is 52.6 Å². The van der Waals surface area contributed by atoms with Crippen LogP contribution >= 0.6 is 35.3 Å². The van der Waals surface area contributed by atoms with E-state index in [1.165, 1.54) is 30.8 Å². The van der Waals surface area contributed by atoms with Gasteiger partial charge in [-0.1, -0.05) is 12.1 Å². The quantitative estimate of drug-likeness (QED) is 0.386. The predicted octanol–water partition coefficient (Wildman–Crippen LogP) is 3.26. The number of rotatable bonds is 6. The van der Waals surface area contributed by atoms with Crippen LogP contribution in [0.5, 0.6) is 0 Å². The fraction of sp³-hybridized carbons (Fsp3) is 0.444. The van der Waals surface area contributed by atoms with Crippen LogP contribution in [0.4, 0.5) is 0 Å². The van der Waals surface area contributed by atoms with Crippen LogP contribution in [0, 0.1) is 0 Å². The van der Waals surface area contributed by atoms with Crippen LogP contribution in [-0.4, -0.2) is 42.5 Å². The molecule has 0 aliphatic carbocycles. The average Bonchev–Trinajstić information content (AvgIpc) is 3.33. The van der Waals surface area contributed by atoms with Gasteiger partial charge in [-0.2, -0.15) is 0 Å². The van der Waals surface area contributed by atoms with Gasteiger partial charge in [0.1, 0.15) is 0 Å². The lowest BCUT2D eigenvalue weighted by Gasteiger charge is -2.27. The highest BCUT2D eigenvalue weighted by molar-refractivity contribution is 14.0. The monoisotopic (exact) mass is 471 g/mol. The highest BCUT2D eigenvalue weighted by atomic mass is 127. The molecule has 0 saturated carbocycles. The van der Waals surface area contributed by atoms with E-state index in [9.17, 15) is 0 Å². The van der Waals surface area contributed by atoms with Gasteiger partial charge in [-0.3, -0.25) is 14.9 Å². The molecule has 0 radical (unpaired) electrons. The number of pyridine rings is 1. The highest BCUT2D eigenvalue weighted by Crippen LogP contribution is 2.27. The summed E-state index contributed by atoms with van der Waals surface area (Å²) in [5.74, 6) is 0.821. The molecule has 2 N–H and O–H groups in total. The summed E-state index contributed by atoms with van der Waals surface area (Å²) >= 11 is 1.84. The minimum absolute atomic E-state index is 0. The SMILES string of the molecule is CN=C(NCc1ccccn1)NCC(c1cccs1)N1CCCC1.I. The highest BCUT2D eigenvalue weighted by Gasteiger charge is 2.24. The molecule has 1 saturated heterocycles. The van der Waals surface area contributed by atoms with Crippen LogP contribution < -0.4 is 10.6 Å². The van der Waals surface area contributed by atoms with Crippen molar-refractivity contribution in [2.24, 2.45) is 4.99 Å². The van der Waals surface area contributed by atoms with Gasteiger partial charge >= 0.3 is 0 Å². The van der Waals surface area contributed by atoms with E-state index in [-0.39, 0.29) is 24.0 Å². The molecule has 1 aliphatic heterocycles. The zero-order chi connectivity index (χ0) is 16.6. The Hall–Kier alpha value is -1.19. The van der Waals surface area contributed by atoms with E-state index < -0.39 is 0 Å². The van der Waals surface area contributed by atoms with Crippen molar-refractivity contribution in [2.75, 3.05) is 26.7 Å². The van der Waals surface area contributed by atoms with Gasteiger partial charge in [0, 0.05) is 24.7 Å². The Labute approximate surface area is 171 Å². The van der Waals surface area contributed by atoms with Gasteiger partial charge in [0.05, 0.1) is 18.3 Å². The van der Waals surface area contributed by atoms with Crippen LogP contribution in [0.1, 0.15) is 29.5 Å². The van der Waals surface area contributed by atoms with Crippen LogP contribution in [0.25, 0.3) is 0 Å². The molecular formula is C18H26IN5S. The summed E-state index contributed by atoms with van der Waals surface area (Å²) in [4.78, 5) is 12.7. The van der Waals surface area contributed by atoms with Crippen LogP contribution in [0.3, 0.4) is 0 Å². The van der Waals surface area contributed by atoms with E-state index in [1.807, 2.05) is 42.8 Å². The fourth-order valence-corrected chi connectivity index (χ4v) is 3.90. The lowest BCUT2D eigenvalue weighted by atomic mass is 10.2. The van der Waals surface area contributed by atoms with Crippen molar-refractivity contribution in [1.29, 1.82) is 0 Å². The number of nitrogens with one attached hydrogen (secondary N) is 2. The first-order valence-electron chi connectivity index (χ1n) is 8.48. The standard InChI is InChI=1S/C18H25N5S.HI/c1-19-18(21-13-15-7-2-3-9-20-15)22-14-16(17-8-6-12-24-17)23-10-4-5-11-23;/h2-3,6-9,12,16H,4-5,10-11,13-14H2,1H3,(H2,19,21,22);1H. The van der Waals surface area contributed by atoms with Gasteiger partial charge in [-0.05, 0) is 49.5 Å². The molecule has 25 heavy (non-hydrogen) atoms. The summed E-state index contributed by atoms with van der Waals surface area (Å²) in [7, 11) is 1.81. The number of halogens is 1. The molecule has 1 aliphatic rings. The van der Waals surface area contributed by atoms with Crippen molar-refractivity contribution in [3.05, 3.63) is 52.5 Å². The van der Waals surface area contributed by atoms with Gasteiger partial charge in [-0.25, -0.2) is 0 Å². The molecule has 3 heterocycles. The molecular weight excluding hydrogens is 445 g/mol. The third-order valence-corrected chi connectivity index (χ3v) is 5.28. The van der Waals surface area contributed by atoms with E-state index in [0.29, 0.717) is 12.6 Å². The number of guanidine groups is 1. The molecule has 0 amide bonds. The van der Waals surface area contributed by atoms with E-state index >= 15 is 0 Å². The number of aromatic nitrogens is 1. The number of aliphatic imine (C=N–C) groups is 1. The number of nitrogens with zero attached hydrogens (tertiary/aromatic N) is 3. The first-order valence-corrected chi connectivity index (χ1v) is 9.36. The molecule has 0 bridgehead atoms. The van der Waals surface area contributed by atoms with Crippen LogP contribution in [0.2, 0.25) is 0 Å². The number of hydrogen-bond donors (Lipinski definition) is 2. The van der Waals surface area contributed by atoms with Crippen molar-refractivity contribution in [1.82, 2.24) is 20.5 Å². The van der Waals surface area contributed by atoms with Crippen molar-refractivity contribution in [2.45, 2.75) is 25.4 Å². The van der Waals surface area contributed by atoms with Crippen LogP contribution in [0.15, 0.2) is 46.9 Å². The maximum Gasteiger partial charge on any atom is 0.191 e. The minimum atomic E-state index is 0. The normalized spacial score (nSPS) is 16.3. The number of likely N-dealkylation sites (tertiary alicyclic amines) is 1. The summed E-state index contributed by atoms with van der Waals surface area (Å²) in [6.07, 6.45) is 4.41. The molecule has 0 aromatic carbocycles. The third kappa shape index (κ3) is 5.93. The van der Waals surface area contributed by atoms with Crippen molar-refractivity contribution in [3.8, 4) is 0 Å². The summed E-state index contributed by atoms with van der Waals surface area (Å²) in [5.41, 5.74) is 1.01. The molecule has 2 aromatic rings. The second kappa shape index (κ2) is 10.7. The molecule has 2 aromatic heterocycles. The average molecular weight is 471 g/mol. The van der Waals surface area contributed by atoms with Crippen molar-refractivity contribution < 1.29 is 0 Å². The Morgan fingerprint density at radius 1 is 1.24 bits per heavy atom. The Bertz CT molecular complexity index is 626. The van der Waals surface area contributed by atoms with Gasteiger partial charge in [0.15, 0.2) is 5.96 Å². The molecule has 1 fully saturated rings. The first-order chi connectivity index (χ1) is 11.9. The van der Waals surface area contributed by atoms with Crippen molar-refractivity contribution in [3.63, 3.8) is 0 Å². The van der Waals surface area contributed by atoms with E-state index in [0.717, 1.165) is 18.2 Å². The summed E-state index contributed by atoms with van der Waals surface area (Å²) in [6, 6.07) is 10.7. The van der Waals surface area contributed by atoms with Gasteiger partial charge in [-0.15, -0.1) is 35.3 Å². The molecule has 0 spiro atoms. The number of thiophene rings is 1.